The zero-order valence-electron chi connectivity index (χ0n) is 18.1. The number of amides is 1. The molecule has 1 unspecified atom stereocenters. The Morgan fingerprint density at radius 2 is 1.97 bits per heavy atom. The minimum Gasteiger partial charge on any atom is -0.379 e. The van der Waals surface area contributed by atoms with E-state index in [1.54, 1.807) is 6.92 Å². The fraction of sp³-hybridized carbons (Fsp3) is 0.545. The van der Waals surface area contributed by atoms with Crippen LogP contribution in [0.4, 0.5) is 13.2 Å². The van der Waals surface area contributed by atoms with E-state index in [0.717, 1.165) is 31.6 Å². The maximum Gasteiger partial charge on any atom is 0.416 e. The Hall–Kier alpha value is -2.39. The Morgan fingerprint density at radius 3 is 2.61 bits per heavy atom. The van der Waals surface area contributed by atoms with Gasteiger partial charge in [-0.05, 0) is 37.5 Å². The first-order valence-corrected chi connectivity index (χ1v) is 10.5. The molecule has 1 aromatic heterocycles. The van der Waals surface area contributed by atoms with Gasteiger partial charge in [-0.25, -0.2) is 4.68 Å². The van der Waals surface area contributed by atoms with Gasteiger partial charge in [-0.2, -0.15) is 18.3 Å². The van der Waals surface area contributed by atoms with Crippen LogP contribution in [0.15, 0.2) is 30.5 Å². The predicted molar refractivity (Wildman–Crippen MR) is 111 cm³/mol. The van der Waals surface area contributed by atoms with Crippen molar-refractivity contribution in [2.75, 3.05) is 32.8 Å². The van der Waals surface area contributed by atoms with Crippen molar-refractivity contribution in [3.8, 4) is 5.69 Å². The van der Waals surface area contributed by atoms with Gasteiger partial charge in [0.1, 0.15) is 0 Å². The van der Waals surface area contributed by atoms with Crippen LogP contribution >= 0.6 is 0 Å². The molecule has 1 amide bonds. The van der Waals surface area contributed by atoms with Crippen LogP contribution in [0.3, 0.4) is 0 Å². The monoisotopic (exact) mass is 438 g/mol. The maximum atomic E-state index is 13.0. The molecule has 0 spiro atoms. The van der Waals surface area contributed by atoms with E-state index in [2.05, 4.69) is 29.2 Å². The smallest absolute Gasteiger partial charge is 0.379 e. The second-order valence-corrected chi connectivity index (χ2v) is 8.25. The number of hydrogen-bond acceptors (Lipinski definition) is 4. The summed E-state index contributed by atoms with van der Waals surface area (Å²) >= 11 is 0. The molecule has 2 heterocycles. The molecule has 31 heavy (non-hydrogen) atoms. The Balaban J connectivity index is 1.72. The molecule has 1 saturated heterocycles. The molecule has 1 aliphatic rings. The summed E-state index contributed by atoms with van der Waals surface area (Å²) in [5, 5.41) is 7.15. The van der Waals surface area contributed by atoms with Gasteiger partial charge in [-0.15, -0.1) is 0 Å². The van der Waals surface area contributed by atoms with Crippen molar-refractivity contribution in [3.05, 3.63) is 47.3 Å². The van der Waals surface area contributed by atoms with Crippen molar-refractivity contribution in [2.45, 2.75) is 39.4 Å². The van der Waals surface area contributed by atoms with E-state index in [1.807, 2.05) is 0 Å². The largest absolute Gasteiger partial charge is 0.416 e. The van der Waals surface area contributed by atoms with Crippen molar-refractivity contribution < 1.29 is 22.7 Å². The van der Waals surface area contributed by atoms with E-state index in [9.17, 15) is 18.0 Å². The maximum absolute atomic E-state index is 13.0. The summed E-state index contributed by atoms with van der Waals surface area (Å²) in [6.07, 6.45) is -2.10. The number of halogens is 3. The summed E-state index contributed by atoms with van der Waals surface area (Å²) in [6.45, 7) is 9.51. The molecular formula is C22H29F3N4O2. The van der Waals surface area contributed by atoms with Crippen LogP contribution in [0.25, 0.3) is 5.69 Å². The molecule has 0 aliphatic carbocycles. The molecule has 1 fully saturated rings. The normalized spacial score (nSPS) is 16.5. The van der Waals surface area contributed by atoms with Gasteiger partial charge >= 0.3 is 6.18 Å². The SMILES string of the molecule is Cc1c(C(=O)NCC(CC(C)C)N2CCOCC2)cnn1-c1cccc(C(F)(F)F)c1. The third kappa shape index (κ3) is 5.86. The molecule has 170 valence electrons. The van der Waals surface area contributed by atoms with Crippen LogP contribution in [0.5, 0.6) is 0 Å². The lowest BCUT2D eigenvalue weighted by atomic mass is 10.0. The van der Waals surface area contributed by atoms with E-state index in [-0.39, 0.29) is 17.6 Å². The molecule has 2 aromatic rings. The molecular weight excluding hydrogens is 409 g/mol. The minimum atomic E-state index is -4.44. The summed E-state index contributed by atoms with van der Waals surface area (Å²) in [5.41, 5.74) is 0.344. The van der Waals surface area contributed by atoms with Gasteiger partial charge in [0.15, 0.2) is 0 Å². The highest BCUT2D eigenvalue weighted by molar-refractivity contribution is 5.95. The number of hydrogen-bond donors (Lipinski definition) is 1. The van der Waals surface area contributed by atoms with Gasteiger partial charge in [0.25, 0.3) is 5.91 Å². The summed E-state index contributed by atoms with van der Waals surface area (Å²) in [5.74, 6) is 0.202. The fourth-order valence-electron chi connectivity index (χ4n) is 3.86. The highest BCUT2D eigenvalue weighted by Crippen LogP contribution is 2.30. The molecule has 1 N–H and O–H groups in total. The molecule has 0 saturated carbocycles. The molecule has 1 aromatic carbocycles. The van der Waals surface area contributed by atoms with Gasteiger partial charge < -0.3 is 10.1 Å². The van der Waals surface area contributed by atoms with Crippen molar-refractivity contribution in [1.29, 1.82) is 0 Å². The van der Waals surface area contributed by atoms with Gasteiger partial charge in [0.2, 0.25) is 0 Å². The van der Waals surface area contributed by atoms with Crippen LogP contribution in [0.1, 0.15) is 41.9 Å². The number of aromatic nitrogens is 2. The van der Waals surface area contributed by atoms with Crippen molar-refractivity contribution >= 4 is 5.91 Å². The number of ether oxygens (including phenoxy) is 1. The first-order valence-electron chi connectivity index (χ1n) is 10.5. The number of carbonyl (C=O) groups excluding carboxylic acids is 1. The highest BCUT2D eigenvalue weighted by Gasteiger charge is 2.31. The molecule has 1 atom stereocenters. The zero-order valence-corrected chi connectivity index (χ0v) is 18.1. The summed E-state index contributed by atoms with van der Waals surface area (Å²) < 4.78 is 45.9. The van der Waals surface area contributed by atoms with Gasteiger partial charge in [-0.1, -0.05) is 19.9 Å². The van der Waals surface area contributed by atoms with Crippen LogP contribution in [0.2, 0.25) is 0 Å². The van der Waals surface area contributed by atoms with Crippen molar-refractivity contribution in [1.82, 2.24) is 20.0 Å². The molecule has 1 aliphatic heterocycles. The lowest BCUT2D eigenvalue weighted by Crippen LogP contribution is -2.49. The number of carbonyl (C=O) groups is 1. The van der Waals surface area contributed by atoms with E-state index < -0.39 is 11.7 Å². The topological polar surface area (TPSA) is 59.4 Å². The number of morpholine rings is 1. The zero-order chi connectivity index (χ0) is 22.6. The summed E-state index contributed by atoms with van der Waals surface area (Å²) in [6, 6.07) is 5.10. The number of nitrogens with zero attached hydrogens (tertiary/aromatic N) is 3. The number of nitrogens with one attached hydrogen (secondary N) is 1. The van der Waals surface area contributed by atoms with Crippen molar-refractivity contribution in [3.63, 3.8) is 0 Å². The van der Waals surface area contributed by atoms with Gasteiger partial charge in [0, 0.05) is 25.7 Å². The highest BCUT2D eigenvalue weighted by atomic mass is 19.4. The van der Waals surface area contributed by atoms with Crippen molar-refractivity contribution in [2.24, 2.45) is 5.92 Å². The third-order valence-electron chi connectivity index (χ3n) is 5.48. The molecule has 3 rings (SSSR count). The first-order chi connectivity index (χ1) is 14.7. The lowest BCUT2D eigenvalue weighted by molar-refractivity contribution is -0.137. The Kier molecular flexibility index (Phi) is 7.38. The van der Waals surface area contributed by atoms with Crippen LogP contribution < -0.4 is 5.32 Å². The van der Waals surface area contributed by atoms with E-state index in [4.69, 9.17) is 4.74 Å². The third-order valence-corrected chi connectivity index (χ3v) is 5.48. The minimum absolute atomic E-state index is 0.201. The average molecular weight is 438 g/mol. The quantitative estimate of drug-likeness (QED) is 0.717. The Morgan fingerprint density at radius 1 is 1.26 bits per heavy atom. The lowest BCUT2D eigenvalue weighted by Gasteiger charge is -2.35. The van der Waals surface area contributed by atoms with Crippen LogP contribution in [-0.2, 0) is 10.9 Å². The van der Waals surface area contributed by atoms with Gasteiger partial charge in [0.05, 0.1) is 41.9 Å². The fourth-order valence-corrected chi connectivity index (χ4v) is 3.86. The second kappa shape index (κ2) is 9.82. The molecule has 6 nitrogen and oxygen atoms in total. The molecule has 9 heteroatoms. The van der Waals surface area contributed by atoms with E-state index in [1.165, 1.54) is 23.0 Å². The predicted octanol–water partition coefficient (Wildman–Crippen LogP) is 3.68. The Labute approximate surface area is 180 Å². The number of benzene rings is 1. The van der Waals surface area contributed by atoms with Crippen LogP contribution in [-0.4, -0.2) is 59.5 Å². The number of rotatable bonds is 7. The number of alkyl halides is 3. The van der Waals surface area contributed by atoms with E-state index >= 15 is 0 Å². The van der Waals surface area contributed by atoms with E-state index in [0.29, 0.717) is 36.9 Å². The Bertz CT molecular complexity index is 889. The first kappa shape index (κ1) is 23.3. The van der Waals surface area contributed by atoms with Crippen LogP contribution in [0, 0.1) is 12.8 Å². The molecule has 0 bridgehead atoms. The molecule has 0 radical (unpaired) electrons. The average Bonchev–Trinajstić information content (AvgIpc) is 3.12. The summed E-state index contributed by atoms with van der Waals surface area (Å²) in [4.78, 5) is 15.2. The summed E-state index contributed by atoms with van der Waals surface area (Å²) in [7, 11) is 0. The second-order valence-electron chi connectivity index (χ2n) is 8.25. The standard InChI is InChI=1S/C22H29F3N4O2/c1-15(2)11-19(28-7-9-31-10-8-28)13-26-21(30)20-14-27-29(16(20)3)18-6-4-5-17(12-18)22(23,24)25/h4-6,12,14-15,19H,7-11,13H2,1-3H3,(H,26,30). The van der Waals surface area contributed by atoms with Gasteiger partial charge in [-0.3, -0.25) is 9.69 Å².